The van der Waals surface area contributed by atoms with Crippen LogP contribution < -0.4 is 9.62 Å². The number of amides is 2. The molecule has 3 rings (SSSR count). The van der Waals surface area contributed by atoms with Gasteiger partial charge in [0.05, 0.1) is 10.6 Å². The van der Waals surface area contributed by atoms with Crippen molar-refractivity contribution in [1.82, 2.24) is 10.2 Å². The summed E-state index contributed by atoms with van der Waals surface area (Å²) in [7, 11) is -4.13. The van der Waals surface area contributed by atoms with E-state index in [2.05, 4.69) is 5.32 Å². The van der Waals surface area contributed by atoms with Crippen LogP contribution in [0.1, 0.15) is 43.9 Å². The maximum absolute atomic E-state index is 14.1. The van der Waals surface area contributed by atoms with Crippen molar-refractivity contribution in [2.75, 3.05) is 23.9 Å². The van der Waals surface area contributed by atoms with Gasteiger partial charge in [0.1, 0.15) is 12.6 Å². The van der Waals surface area contributed by atoms with E-state index in [4.69, 9.17) is 11.6 Å². The molecule has 0 bridgehead atoms. The molecule has 7 nitrogen and oxygen atoms in total. The van der Waals surface area contributed by atoms with E-state index in [-0.39, 0.29) is 23.3 Å². The van der Waals surface area contributed by atoms with Gasteiger partial charge in [-0.15, -0.1) is 0 Å². The Balaban J connectivity index is 2.03. The molecule has 41 heavy (non-hydrogen) atoms. The molecule has 0 unspecified atom stereocenters. The molecule has 2 amide bonds. The number of carbonyl (C=O) groups excluding carboxylic acids is 2. The minimum absolute atomic E-state index is 0.0720. The molecule has 0 radical (unpaired) electrons. The average Bonchev–Trinajstić information content (AvgIpc) is 2.93. The third-order valence-corrected chi connectivity index (χ3v) is 8.88. The molecule has 0 heterocycles. The fourth-order valence-corrected chi connectivity index (χ4v) is 6.27. The monoisotopic (exact) mass is 597 g/mol. The Labute approximate surface area is 249 Å². The molecular formula is C32H40ClN3O4S. The molecule has 0 spiro atoms. The third kappa shape index (κ3) is 8.57. The summed E-state index contributed by atoms with van der Waals surface area (Å²) < 4.78 is 29.1. The molecule has 0 fully saturated rings. The highest BCUT2D eigenvalue weighted by molar-refractivity contribution is 7.92. The number of rotatable bonds is 13. The number of anilines is 1. The molecule has 3 aromatic carbocycles. The van der Waals surface area contributed by atoms with Crippen LogP contribution in [0.15, 0.2) is 77.7 Å². The van der Waals surface area contributed by atoms with Gasteiger partial charge in [0.15, 0.2) is 0 Å². The first-order valence-corrected chi connectivity index (χ1v) is 15.7. The Morgan fingerprint density at radius 1 is 0.951 bits per heavy atom. The molecule has 0 aliphatic rings. The van der Waals surface area contributed by atoms with Crippen molar-refractivity contribution in [2.24, 2.45) is 5.92 Å². The van der Waals surface area contributed by atoms with Crippen LogP contribution in [0.4, 0.5) is 5.69 Å². The molecule has 0 aliphatic heterocycles. The molecule has 1 N–H and O–H groups in total. The molecule has 0 aromatic heterocycles. The second-order valence-electron chi connectivity index (χ2n) is 10.6. The Morgan fingerprint density at radius 3 is 2.20 bits per heavy atom. The number of carbonyl (C=O) groups is 2. The normalized spacial score (nSPS) is 12.2. The molecule has 1 atom stereocenters. The van der Waals surface area contributed by atoms with Gasteiger partial charge in [-0.2, -0.15) is 0 Å². The largest absolute Gasteiger partial charge is 0.354 e. The van der Waals surface area contributed by atoms with Crippen LogP contribution in [-0.4, -0.2) is 50.8 Å². The Bertz CT molecular complexity index is 1430. The highest BCUT2D eigenvalue weighted by atomic mass is 35.5. The Morgan fingerprint density at radius 2 is 1.61 bits per heavy atom. The molecule has 0 aliphatic carbocycles. The number of halogens is 1. The van der Waals surface area contributed by atoms with Crippen molar-refractivity contribution in [1.29, 1.82) is 0 Å². The van der Waals surface area contributed by atoms with E-state index < -0.39 is 28.5 Å². The van der Waals surface area contributed by atoms with Gasteiger partial charge in [0.25, 0.3) is 10.0 Å². The molecule has 0 saturated heterocycles. The van der Waals surface area contributed by atoms with Gasteiger partial charge in [0, 0.05) is 18.1 Å². The van der Waals surface area contributed by atoms with Gasteiger partial charge in [-0.05, 0) is 74.1 Å². The van der Waals surface area contributed by atoms with Crippen LogP contribution in [0.3, 0.4) is 0 Å². The fourth-order valence-electron chi connectivity index (χ4n) is 4.57. The van der Waals surface area contributed by atoms with Crippen LogP contribution in [0.2, 0.25) is 5.02 Å². The van der Waals surface area contributed by atoms with Crippen molar-refractivity contribution >= 4 is 39.1 Å². The molecule has 220 valence electrons. The number of sulfonamides is 1. The lowest BCUT2D eigenvalue weighted by Gasteiger charge is -2.33. The zero-order chi connectivity index (χ0) is 30.2. The van der Waals surface area contributed by atoms with Gasteiger partial charge >= 0.3 is 0 Å². The second kappa shape index (κ2) is 14.5. The van der Waals surface area contributed by atoms with Crippen molar-refractivity contribution in [3.63, 3.8) is 0 Å². The van der Waals surface area contributed by atoms with E-state index >= 15 is 0 Å². The van der Waals surface area contributed by atoms with Crippen LogP contribution >= 0.6 is 11.6 Å². The predicted octanol–water partition coefficient (Wildman–Crippen LogP) is 5.77. The molecular weight excluding hydrogens is 558 g/mol. The molecule has 0 saturated carbocycles. The first-order chi connectivity index (χ1) is 19.4. The van der Waals surface area contributed by atoms with Gasteiger partial charge in [-0.3, -0.25) is 13.9 Å². The first-order valence-electron chi connectivity index (χ1n) is 13.9. The van der Waals surface area contributed by atoms with E-state index in [1.165, 1.54) is 17.0 Å². The Hall–Kier alpha value is -3.36. The summed E-state index contributed by atoms with van der Waals surface area (Å²) >= 11 is 6.19. The van der Waals surface area contributed by atoms with Gasteiger partial charge < -0.3 is 10.2 Å². The predicted molar refractivity (Wildman–Crippen MR) is 166 cm³/mol. The topological polar surface area (TPSA) is 86.8 Å². The van der Waals surface area contributed by atoms with E-state index in [0.29, 0.717) is 35.7 Å². The number of nitrogens with zero attached hydrogens (tertiary/aromatic N) is 2. The summed E-state index contributed by atoms with van der Waals surface area (Å²) in [6.07, 6.45) is 0.903. The molecule has 9 heteroatoms. The van der Waals surface area contributed by atoms with Crippen molar-refractivity contribution in [3.8, 4) is 0 Å². The van der Waals surface area contributed by atoms with E-state index in [9.17, 15) is 18.0 Å². The van der Waals surface area contributed by atoms with Gasteiger partial charge in [-0.25, -0.2) is 8.42 Å². The fraction of sp³-hybridized carbons (Fsp3) is 0.375. The summed E-state index contributed by atoms with van der Waals surface area (Å²) in [5.74, 6) is -0.469. The summed E-state index contributed by atoms with van der Waals surface area (Å²) in [5.41, 5.74) is 2.89. The standard InChI is InChI=1S/C32H40ClN3O4S/c1-6-29(32(38)34-21-23(2)3)35(19-18-26-10-8-7-9-11-26)31(37)22-36(30-17-14-27(33)20-25(30)5)41(39,40)28-15-12-24(4)13-16-28/h7-17,20,23,29H,6,18-19,21-22H2,1-5H3,(H,34,38)/t29-/m1/s1. The van der Waals surface area contributed by atoms with E-state index in [1.54, 1.807) is 37.3 Å². The zero-order valence-electron chi connectivity index (χ0n) is 24.4. The lowest BCUT2D eigenvalue weighted by molar-refractivity contribution is -0.139. The average molecular weight is 598 g/mol. The minimum Gasteiger partial charge on any atom is -0.354 e. The highest BCUT2D eigenvalue weighted by Gasteiger charge is 2.34. The second-order valence-corrected chi connectivity index (χ2v) is 12.9. The highest BCUT2D eigenvalue weighted by Crippen LogP contribution is 2.29. The van der Waals surface area contributed by atoms with Crippen LogP contribution in [0.5, 0.6) is 0 Å². The number of nitrogens with one attached hydrogen (secondary N) is 1. The van der Waals surface area contributed by atoms with Crippen LogP contribution in [0.25, 0.3) is 0 Å². The number of hydrogen-bond acceptors (Lipinski definition) is 4. The minimum atomic E-state index is -4.13. The SMILES string of the molecule is CC[C@H](C(=O)NCC(C)C)N(CCc1ccccc1)C(=O)CN(c1ccc(Cl)cc1C)S(=O)(=O)c1ccc(C)cc1. The third-order valence-electron chi connectivity index (χ3n) is 6.87. The summed E-state index contributed by atoms with van der Waals surface area (Å²) in [4.78, 5) is 29.0. The maximum Gasteiger partial charge on any atom is 0.264 e. The molecule has 3 aromatic rings. The number of aryl methyl sites for hydroxylation is 2. The summed E-state index contributed by atoms with van der Waals surface area (Å²) in [5, 5.41) is 3.41. The lowest BCUT2D eigenvalue weighted by Crippen LogP contribution is -2.53. The number of hydrogen-bond donors (Lipinski definition) is 1. The van der Waals surface area contributed by atoms with Gasteiger partial charge in [0.2, 0.25) is 11.8 Å². The van der Waals surface area contributed by atoms with Crippen LogP contribution in [-0.2, 0) is 26.0 Å². The first kappa shape index (κ1) is 32.2. The van der Waals surface area contributed by atoms with Crippen molar-refractivity contribution < 1.29 is 18.0 Å². The van der Waals surface area contributed by atoms with E-state index in [1.807, 2.05) is 58.0 Å². The summed E-state index contributed by atoms with van der Waals surface area (Å²) in [6.45, 7) is 9.76. The van der Waals surface area contributed by atoms with Crippen molar-refractivity contribution in [3.05, 3.63) is 94.5 Å². The summed E-state index contributed by atoms with van der Waals surface area (Å²) in [6, 6.07) is 20.3. The maximum atomic E-state index is 14.1. The number of benzene rings is 3. The smallest absolute Gasteiger partial charge is 0.264 e. The Kier molecular flexibility index (Phi) is 11.4. The lowest BCUT2D eigenvalue weighted by atomic mass is 10.1. The zero-order valence-corrected chi connectivity index (χ0v) is 26.0. The van der Waals surface area contributed by atoms with E-state index in [0.717, 1.165) is 15.4 Å². The van der Waals surface area contributed by atoms with Gasteiger partial charge in [-0.1, -0.05) is 80.4 Å². The van der Waals surface area contributed by atoms with Crippen molar-refractivity contribution in [2.45, 2.75) is 58.4 Å². The quantitative estimate of drug-likeness (QED) is 0.271. The van der Waals surface area contributed by atoms with Crippen LogP contribution in [0, 0.1) is 19.8 Å².